The van der Waals surface area contributed by atoms with Crippen LogP contribution in [0.2, 0.25) is 5.02 Å². The van der Waals surface area contributed by atoms with Gasteiger partial charge in [0.15, 0.2) is 0 Å². The second-order valence-electron chi connectivity index (χ2n) is 7.45. The van der Waals surface area contributed by atoms with Crippen molar-refractivity contribution in [2.75, 3.05) is 0 Å². The smallest absolute Gasteiger partial charge is 0.303 e. The summed E-state index contributed by atoms with van der Waals surface area (Å²) in [5.41, 5.74) is 2.78. The average Bonchev–Trinajstić information content (AvgIpc) is 2.75. The first-order chi connectivity index (χ1) is 15.2. The van der Waals surface area contributed by atoms with Gasteiger partial charge in [0.25, 0.3) is 0 Å². The maximum Gasteiger partial charge on any atom is 0.303 e. The number of hydrogen-bond acceptors (Lipinski definition) is 3. The lowest BCUT2D eigenvalue weighted by Gasteiger charge is -2.20. The van der Waals surface area contributed by atoms with Crippen LogP contribution in [0.4, 0.5) is 0 Å². The standard InChI is InChI=1S/C24H23BrClNO4S/c25-20-10-14-22(15-11-20)32(30,31)27-23(16-18-6-12-21(26)13-7-18)19-8-4-17(5-9-19)2-1-3-24(28)29/h4-15,23,27H,1-3,16H2,(H,28,29). The summed E-state index contributed by atoms with van der Waals surface area (Å²) in [7, 11) is -3.75. The van der Waals surface area contributed by atoms with Gasteiger partial charge in [-0.25, -0.2) is 13.1 Å². The fourth-order valence-corrected chi connectivity index (χ4v) is 4.93. The number of hydrogen-bond donors (Lipinski definition) is 2. The van der Waals surface area contributed by atoms with Gasteiger partial charge in [-0.05, 0) is 72.4 Å². The predicted molar refractivity (Wildman–Crippen MR) is 129 cm³/mol. The van der Waals surface area contributed by atoms with Crippen LogP contribution in [0.15, 0.2) is 82.2 Å². The summed E-state index contributed by atoms with van der Waals surface area (Å²) in [6.07, 6.45) is 1.78. The normalized spacial score (nSPS) is 12.4. The van der Waals surface area contributed by atoms with E-state index in [1.165, 1.54) is 0 Å². The maximum absolute atomic E-state index is 13.0. The Bertz CT molecular complexity index is 1150. The molecule has 0 aliphatic carbocycles. The SMILES string of the molecule is O=C(O)CCCc1ccc(C(Cc2ccc(Cl)cc2)NS(=O)(=O)c2ccc(Br)cc2)cc1. The number of halogens is 2. The van der Waals surface area contributed by atoms with Crippen molar-refractivity contribution in [2.45, 2.75) is 36.6 Å². The zero-order valence-corrected chi connectivity index (χ0v) is 20.3. The summed E-state index contributed by atoms with van der Waals surface area (Å²) in [6, 6.07) is 20.9. The van der Waals surface area contributed by atoms with Gasteiger partial charge < -0.3 is 5.11 Å². The molecule has 0 amide bonds. The molecule has 1 unspecified atom stereocenters. The molecule has 0 saturated carbocycles. The highest BCUT2D eigenvalue weighted by molar-refractivity contribution is 9.10. The summed E-state index contributed by atoms with van der Waals surface area (Å²) >= 11 is 9.31. The van der Waals surface area contributed by atoms with Crippen LogP contribution in [0, 0.1) is 0 Å². The first-order valence-corrected chi connectivity index (χ1v) is 12.7. The van der Waals surface area contributed by atoms with Gasteiger partial charge in [0.05, 0.1) is 10.9 Å². The van der Waals surface area contributed by atoms with E-state index in [4.69, 9.17) is 16.7 Å². The Balaban J connectivity index is 1.84. The van der Waals surface area contributed by atoms with E-state index in [-0.39, 0.29) is 11.3 Å². The lowest BCUT2D eigenvalue weighted by atomic mass is 9.97. The summed E-state index contributed by atoms with van der Waals surface area (Å²) in [4.78, 5) is 10.9. The molecule has 0 heterocycles. The van der Waals surface area contributed by atoms with Crippen molar-refractivity contribution in [3.63, 3.8) is 0 Å². The van der Waals surface area contributed by atoms with Crippen LogP contribution < -0.4 is 4.72 Å². The van der Waals surface area contributed by atoms with E-state index in [1.807, 2.05) is 36.4 Å². The van der Waals surface area contributed by atoms with Crippen LogP contribution in [0.1, 0.15) is 35.6 Å². The summed E-state index contributed by atoms with van der Waals surface area (Å²) in [5.74, 6) is -0.813. The highest BCUT2D eigenvalue weighted by Gasteiger charge is 2.22. The van der Waals surface area contributed by atoms with Gasteiger partial charge in [-0.15, -0.1) is 0 Å². The number of carboxylic acid groups (broad SMARTS) is 1. The van der Waals surface area contributed by atoms with Gasteiger partial charge in [-0.3, -0.25) is 4.79 Å². The van der Waals surface area contributed by atoms with Gasteiger partial charge in [-0.2, -0.15) is 0 Å². The topological polar surface area (TPSA) is 83.5 Å². The van der Waals surface area contributed by atoms with Gasteiger partial charge >= 0.3 is 5.97 Å². The fraction of sp³-hybridized carbons (Fsp3) is 0.208. The van der Waals surface area contributed by atoms with Gasteiger partial charge in [-0.1, -0.05) is 63.9 Å². The molecule has 2 N–H and O–H groups in total. The van der Waals surface area contributed by atoms with Crippen LogP contribution in [0.25, 0.3) is 0 Å². The van der Waals surface area contributed by atoms with Gasteiger partial charge in [0, 0.05) is 15.9 Å². The first-order valence-electron chi connectivity index (χ1n) is 10.1. The quantitative estimate of drug-likeness (QED) is 0.344. The monoisotopic (exact) mass is 535 g/mol. The second-order valence-corrected chi connectivity index (χ2v) is 10.5. The summed E-state index contributed by atoms with van der Waals surface area (Å²) in [5, 5.41) is 9.42. The molecule has 0 aromatic heterocycles. The lowest BCUT2D eigenvalue weighted by Crippen LogP contribution is -2.30. The van der Waals surface area contributed by atoms with E-state index in [0.717, 1.165) is 21.2 Å². The third kappa shape index (κ3) is 7.17. The van der Waals surface area contributed by atoms with Crippen LogP contribution in [-0.4, -0.2) is 19.5 Å². The van der Waals surface area contributed by atoms with E-state index < -0.39 is 22.0 Å². The molecule has 0 aliphatic rings. The number of benzene rings is 3. The van der Waals surface area contributed by atoms with Crippen LogP contribution in [0.3, 0.4) is 0 Å². The Morgan fingerprint density at radius 1 is 0.938 bits per heavy atom. The van der Waals surface area contributed by atoms with Crippen LogP contribution in [0.5, 0.6) is 0 Å². The van der Waals surface area contributed by atoms with Crippen molar-refractivity contribution in [1.29, 1.82) is 0 Å². The molecule has 3 rings (SSSR count). The van der Waals surface area contributed by atoms with Crippen molar-refractivity contribution < 1.29 is 18.3 Å². The highest BCUT2D eigenvalue weighted by Crippen LogP contribution is 2.24. The minimum Gasteiger partial charge on any atom is -0.481 e. The average molecular weight is 537 g/mol. The molecule has 1 atom stereocenters. The number of rotatable bonds is 10. The number of aryl methyl sites for hydroxylation is 1. The molecule has 0 aliphatic heterocycles. The molecule has 0 saturated heterocycles. The first kappa shape index (κ1) is 24.5. The van der Waals surface area contributed by atoms with Crippen LogP contribution in [-0.2, 0) is 27.7 Å². The molecule has 0 spiro atoms. The number of carboxylic acids is 1. The zero-order valence-electron chi connectivity index (χ0n) is 17.2. The summed E-state index contributed by atoms with van der Waals surface area (Å²) < 4.78 is 29.7. The molecule has 0 fully saturated rings. The molecule has 3 aromatic carbocycles. The molecule has 8 heteroatoms. The van der Waals surface area contributed by atoms with E-state index in [2.05, 4.69) is 20.7 Å². The molecular formula is C24H23BrClNO4S. The molecule has 168 valence electrons. The third-order valence-corrected chi connectivity index (χ3v) is 7.28. The fourth-order valence-electron chi connectivity index (χ4n) is 3.31. The Labute approximate surface area is 201 Å². The van der Waals surface area contributed by atoms with E-state index >= 15 is 0 Å². The van der Waals surface area contributed by atoms with Crippen molar-refractivity contribution >= 4 is 43.5 Å². The van der Waals surface area contributed by atoms with Crippen LogP contribution >= 0.6 is 27.5 Å². The number of carbonyl (C=O) groups is 1. The highest BCUT2D eigenvalue weighted by atomic mass is 79.9. The molecule has 0 radical (unpaired) electrons. The van der Waals surface area contributed by atoms with Crippen molar-refractivity contribution in [2.24, 2.45) is 0 Å². The number of aliphatic carboxylic acids is 1. The Kier molecular flexibility index (Phi) is 8.48. The number of sulfonamides is 1. The minimum atomic E-state index is -3.75. The number of nitrogens with one attached hydrogen (secondary N) is 1. The molecular weight excluding hydrogens is 514 g/mol. The van der Waals surface area contributed by atoms with Gasteiger partial charge in [0.1, 0.15) is 0 Å². The molecule has 3 aromatic rings. The Hall–Kier alpha value is -2.19. The summed E-state index contributed by atoms with van der Waals surface area (Å²) in [6.45, 7) is 0. The van der Waals surface area contributed by atoms with Crippen molar-refractivity contribution in [1.82, 2.24) is 4.72 Å². The van der Waals surface area contributed by atoms with E-state index in [0.29, 0.717) is 24.3 Å². The largest absolute Gasteiger partial charge is 0.481 e. The Morgan fingerprint density at radius 3 is 2.12 bits per heavy atom. The second kappa shape index (κ2) is 11.1. The predicted octanol–water partition coefficient (Wildman–Crippen LogP) is 5.77. The molecule has 32 heavy (non-hydrogen) atoms. The molecule has 0 bridgehead atoms. The third-order valence-electron chi connectivity index (χ3n) is 5.01. The van der Waals surface area contributed by atoms with Crippen molar-refractivity contribution in [3.05, 3.63) is 99.0 Å². The Morgan fingerprint density at radius 2 is 1.53 bits per heavy atom. The van der Waals surface area contributed by atoms with E-state index in [1.54, 1.807) is 36.4 Å². The molecule has 5 nitrogen and oxygen atoms in total. The van der Waals surface area contributed by atoms with E-state index in [9.17, 15) is 13.2 Å². The lowest BCUT2D eigenvalue weighted by molar-refractivity contribution is -0.137. The van der Waals surface area contributed by atoms with Crippen molar-refractivity contribution in [3.8, 4) is 0 Å². The minimum absolute atomic E-state index is 0.119. The maximum atomic E-state index is 13.0. The zero-order chi connectivity index (χ0) is 23.1. The van der Waals surface area contributed by atoms with Gasteiger partial charge in [0.2, 0.25) is 10.0 Å².